The first-order valence-electron chi connectivity index (χ1n) is 15.4. The van der Waals surface area contributed by atoms with E-state index in [0.29, 0.717) is 38.2 Å². The maximum Gasteiger partial charge on any atom is 0.338 e. The third kappa shape index (κ3) is 7.19. The van der Waals surface area contributed by atoms with Crippen LogP contribution in [0, 0.1) is 7.14 Å². The largest absolute Gasteiger partial charge is 0.487 e. The van der Waals surface area contributed by atoms with Crippen molar-refractivity contribution in [3.8, 4) is 5.75 Å². The van der Waals surface area contributed by atoms with Gasteiger partial charge in [0.05, 0.1) is 35.6 Å². The summed E-state index contributed by atoms with van der Waals surface area (Å²) in [7, 11) is 0. The molecule has 0 bridgehead atoms. The Balaban J connectivity index is 1.49. The maximum atomic E-state index is 14.3. The van der Waals surface area contributed by atoms with Crippen molar-refractivity contribution in [1.82, 2.24) is 4.57 Å². The average molecular weight is 901 g/mol. The van der Waals surface area contributed by atoms with Crippen LogP contribution in [0.1, 0.15) is 60.5 Å². The molecule has 0 aliphatic carbocycles. The zero-order valence-electron chi connectivity index (χ0n) is 26.4. The second-order valence-corrected chi connectivity index (χ2v) is 15.2. The van der Waals surface area contributed by atoms with Gasteiger partial charge in [0, 0.05) is 16.1 Å². The first-order valence-corrected chi connectivity index (χ1v) is 18.7. The highest BCUT2D eigenvalue weighted by atomic mass is 127. The molecule has 6 nitrogen and oxygen atoms in total. The molecule has 1 aromatic heterocycles. The molecule has 0 spiro atoms. The summed E-state index contributed by atoms with van der Waals surface area (Å²) in [6.45, 7) is 6.58. The van der Waals surface area contributed by atoms with E-state index < -0.39 is 12.0 Å². The van der Waals surface area contributed by atoms with Crippen molar-refractivity contribution in [2.45, 2.75) is 39.3 Å². The molecule has 0 N–H and O–H groups in total. The SMILES string of the molecule is CCOC(=O)C1=C(c2ccccc2)N=c2s/c(=C\c3cc(I)c(OCc4ccccc4Cl)c(I)c3)c(=O)n2[C@H]1c1ccc(C(C)C)cc1. The molecule has 6 rings (SSSR count). The summed E-state index contributed by atoms with van der Waals surface area (Å²) in [6, 6.07) is 28.6. The predicted octanol–water partition coefficient (Wildman–Crippen LogP) is 8.50. The lowest BCUT2D eigenvalue weighted by Crippen LogP contribution is -2.40. The molecule has 244 valence electrons. The quantitative estimate of drug-likeness (QED) is 0.110. The van der Waals surface area contributed by atoms with Gasteiger partial charge in [0.2, 0.25) is 0 Å². The first-order chi connectivity index (χ1) is 23.2. The van der Waals surface area contributed by atoms with E-state index in [-0.39, 0.29) is 12.2 Å². The summed E-state index contributed by atoms with van der Waals surface area (Å²) in [5.41, 5.74) is 5.12. The molecule has 0 unspecified atom stereocenters. The number of fused-ring (bicyclic) bond motifs is 1. The predicted molar refractivity (Wildman–Crippen MR) is 209 cm³/mol. The molecule has 0 radical (unpaired) electrons. The van der Waals surface area contributed by atoms with Crippen LogP contribution in [-0.2, 0) is 16.1 Å². The number of nitrogens with zero attached hydrogens (tertiary/aromatic N) is 2. The summed E-state index contributed by atoms with van der Waals surface area (Å²) < 4.78 is 15.7. The molecule has 48 heavy (non-hydrogen) atoms. The number of rotatable bonds is 9. The number of hydrogen-bond donors (Lipinski definition) is 0. The smallest absolute Gasteiger partial charge is 0.338 e. The van der Waals surface area contributed by atoms with Gasteiger partial charge in [-0.3, -0.25) is 9.36 Å². The lowest BCUT2D eigenvalue weighted by atomic mass is 9.91. The summed E-state index contributed by atoms with van der Waals surface area (Å²) in [5, 5.41) is 0.658. The first kappa shape index (κ1) is 34.6. The minimum atomic E-state index is -0.722. The number of carbonyl (C=O) groups excluding carboxylic acids is 1. The van der Waals surface area contributed by atoms with Crippen LogP contribution in [0.25, 0.3) is 11.8 Å². The van der Waals surface area contributed by atoms with Gasteiger partial charge in [-0.05, 0) is 99.0 Å². The average Bonchev–Trinajstić information content (AvgIpc) is 3.38. The van der Waals surface area contributed by atoms with Gasteiger partial charge in [-0.25, -0.2) is 9.79 Å². The fourth-order valence-corrected chi connectivity index (χ4v) is 8.86. The van der Waals surface area contributed by atoms with Crippen molar-refractivity contribution in [1.29, 1.82) is 0 Å². The molecule has 4 aromatic carbocycles. The Bertz CT molecular complexity index is 2190. The van der Waals surface area contributed by atoms with Gasteiger partial charge in [0.1, 0.15) is 12.4 Å². The van der Waals surface area contributed by atoms with Gasteiger partial charge in [-0.2, -0.15) is 0 Å². The highest BCUT2D eigenvalue weighted by Gasteiger charge is 2.35. The molecular weight excluding hydrogens is 870 g/mol. The third-order valence-electron chi connectivity index (χ3n) is 7.94. The molecule has 0 amide bonds. The van der Waals surface area contributed by atoms with Gasteiger partial charge in [-0.1, -0.05) is 110 Å². The van der Waals surface area contributed by atoms with Crippen LogP contribution in [0.2, 0.25) is 5.02 Å². The monoisotopic (exact) mass is 900 g/mol. The van der Waals surface area contributed by atoms with Crippen molar-refractivity contribution in [2.24, 2.45) is 4.99 Å². The normalized spacial score (nSPS) is 14.6. The molecular formula is C38H31ClI2N2O4S. The Morgan fingerprint density at radius 3 is 2.31 bits per heavy atom. The summed E-state index contributed by atoms with van der Waals surface area (Å²) in [6.07, 6.45) is 1.88. The number of halogens is 3. The van der Waals surface area contributed by atoms with Gasteiger partial charge in [-0.15, -0.1) is 0 Å². The van der Waals surface area contributed by atoms with Gasteiger partial charge >= 0.3 is 5.97 Å². The summed E-state index contributed by atoms with van der Waals surface area (Å²) in [4.78, 5) is 33.6. The number of hydrogen-bond acceptors (Lipinski definition) is 6. The van der Waals surface area contributed by atoms with E-state index in [9.17, 15) is 9.59 Å². The third-order valence-corrected chi connectivity index (χ3v) is 10.9. The number of esters is 1. The molecule has 1 aliphatic rings. The fourth-order valence-electron chi connectivity index (χ4n) is 5.54. The Kier molecular flexibility index (Phi) is 10.9. The maximum absolute atomic E-state index is 14.3. The molecule has 2 heterocycles. The Morgan fingerprint density at radius 1 is 1.00 bits per heavy atom. The van der Waals surface area contributed by atoms with Crippen LogP contribution >= 0.6 is 68.1 Å². The van der Waals surface area contributed by atoms with E-state index in [2.05, 4.69) is 71.2 Å². The lowest BCUT2D eigenvalue weighted by Gasteiger charge is -2.26. The van der Waals surface area contributed by atoms with Crippen LogP contribution in [0.15, 0.2) is 106 Å². The minimum absolute atomic E-state index is 0.198. The van der Waals surface area contributed by atoms with E-state index in [1.54, 1.807) is 11.5 Å². The number of ether oxygens (including phenoxy) is 2. The number of carbonyl (C=O) groups is 1. The van der Waals surface area contributed by atoms with E-state index in [4.69, 9.17) is 26.1 Å². The Hall–Kier alpha value is -3.26. The van der Waals surface area contributed by atoms with Crippen molar-refractivity contribution < 1.29 is 14.3 Å². The van der Waals surface area contributed by atoms with Crippen molar-refractivity contribution in [3.05, 3.63) is 156 Å². The van der Waals surface area contributed by atoms with Crippen molar-refractivity contribution >= 4 is 85.9 Å². The van der Waals surface area contributed by atoms with E-state index in [0.717, 1.165) is 35.1 Å². The number of benzene rings is 4. The van der Waals surface area contributed by atoms with E-state index >= 15 is 0 Å². The van der Waals surface area contributed by atoms with Crippen LogP contribution in [-0.4, -0.2) is 17.1 Å². The molecule has 10 heteroatoms. The Morgan fingerprint density at radius 2 is 1.67 bits per heavy atom. The fraction of sp³-hybridized carbons (Fsp3) is 0.184. The zero-order valence-corrected chi connectivity index (χ0v) is 32.3. The molecule has 0 fully saturated rings. The zero-order chi connectivity index (χ0) is 33.9. The summed E-state index contributed by atoms with van der Waals surface area (Å²) >= 11 is 12.2. The van der Waals surface area contributed by atoms with Crippen molar-refractivity contribution in [3.63, 3.8) is 0 Å². The molecule has 5 aromatic rings. The van der Waals surface area contributed by atoms with Gasteiger partial charge in [0.15, 0.2) is 4.80 Å². The Labute approximate surface area is 315 Å². The highest BCUT2D eigenvalue weighted by molar-refractivity contribution is 14.1. The number of aromatic nitrogens is 1. The molecule has 0 saturated heterocycles. The standard InChI is InChI=1S/C38H31ClI2N2O4S/c1-4-46-37(45)32-33(25-10-6-5-7-11-25)42-38-43(34(32)26-16-14-24(15-17-26)22(2)3)36(44)31(48-38)20-23-18-29(40)35(30(41)19-23)47-21-27-12-8-9-13-28(27)39/h5-20,22,34H,4,21H2,1-3H3/b31-20-/t34-/m0/s1. The highest BCUT2D eigenvalue weighted by Crippen LogP contribution is 2.36. The van der Waals surface area contributed by atoms with Crippen LogP contribution in [0.4, 0.5) is 0 Å². The molecule has 1 atom stereocenters. The van der Waals surface area contributed by atoms with Gasteiger partial charge in [0.25, 0.3) is 5.56 Å². The minimum Gasteiger partial charge on any atom is -0.487 e. The molecule has 1 aliphatic heterocycles. The second-order valence-electron chi connectivity index (χ2n) is 11.4. The van der Waals surface area contributed by atoms with E-state index in [1.807, 2.05) is 84.9 Å². The van der Waals surface area contributed by atoms with Crippen molar-refractivity contribution in [2.75, 3.05) is 6.61 Å². The molecule has 0 saturated carbocycles. The topological polar surface area (TPSA) is 69.9 Å². The lowest BCUT2D eigenvalue weighted by molar-refractivity contribution is -0.138. The van der Waals surface area contributed by atoms with E-state index in [1.165, 1.54) is 16.9 Å². The number of thiazole rings is 1. The van der Waals surface area contributed by atoms with Crippen LogP contribution in [0.3, 0.4) is 0 Å². The second kappa shape index (κ2) is 15.1. The van der Waals surface area contributed by atoms with Crippen LogP contribution < -0.4 is 19.6 Å². The van der Waals surface area contributed by atoms with Crippen LogP contribution in [0.5, 0.6) is 5.75 Å². The van der Waals surface area contributed by atoms with Gasteiger partial charge < -0.3 is 9.47 Å². The summed E-state index contributed by atoms with van der Waals surface area (Å²) in [5.74, 6) is 0.592.